The number of halogens is 1. The average Bonchev–Trinajstić information content (AvgIpc) is 3.21. The Morgan fingerprint density at radius 1 is 1.00 bits per heavy atom. The van der Waals surface area contributed by atoms with Gasteiger partial charge in [-0.1, -0.05) is 29.8 Å². The maximum atomic E-state index is 9.72. The van der Waals surface area contributed by atoms with Crippen LogP contribution in [-0.4, -0.2) is 33.3 Å². The van der Waals surface area contributed by atoms with Crippen molar-refractivity contribution in [1.82, 2.24) is 15.0 Å². The molecule has 0 saturated carbocycles. The number of hydrogen-bond acceptors (Lipinski definition) is 4. The van der Waals surface area contributed by atoms with Gasteiger partial charge in [0.25, 0.3) is 0 Å². The highest BCUT2D eigenvalue weighted by molar-refractivity contribution is 6.34. The summed E-state index contributed by atoms with van der Waals surface area (Å²) in [5, 5.41) is 18.8. The molecule has 0 spiro atoms. The van der Waals surface area contributed by atoms with Gasteiger partial charge in [0.1, 0.15) is 22.5 Å². The van der Waals surface area contributed by atoms with Gasteiger partial charge >= 0.3 is 0 Å². The normalized spacial score (nSPS) is 13.9. The first kappa shape index (κ1) is 14.8. The summed E-state index contributed by atoms with van der Waals surface area (Å²) >= 11 is 6.02. The van der Waals surface area contributed by atoms with Crippen molar-refractivity contribution in [2.24, 2.45) is 0 Å². The Morgan fingerprint density at radius 2 is 1.77 bits per heavy atom. The van der Waals surface area contributed by atoms with Crippen LogP contribution in [0.3, 0.4) is 0 Å². The number of aromatic hydroxyl groups is 1. The van der Waals surface area contributed by atoms with Gasteiger partial charge in [0.15, 0.2) is 0 Å². The zero-order chi connectivity index (χ0) is 15.4. The Kier molecular flexibility index (Phi) is 4.56. The number of fused-ring (bicyclic) bond motifs is 1. The minimum atomic E-state index is 0.129. The van der Waals surface area contributed by atoms with Gasteiger partial charge in [0.2, 0.25) is 0 Å². The number of benzene rings is 2. The quantitative estimate of drug-likeness (QED) is 0.745. The van der Waals surface area contributed by atoms with E-state index in [0.717, 1.165) is 13.2 Å². The van der Waals surface area contributed by atoms with E-state index < -0.39 is 0 Å². The summed E-state index contributed by atoms with van der Waals surface area (Å²) in [7, 11) is 0. The second-order valence-corrected chi connectivity index (χ2v) is 5.31. The van der Waals surface area contributed by atoms with Crippen LogP contribution in [0.1, 0.15) is 12.8 Å². The van der Waals surface area contributed by atoms with Crippen LogP contribution < -0.4 is 0 Å². The lowest BCUT2D eigenvalue weighted by Gasteiger charge is -2.00. The molecule has 1 N–H and O–H groups in total. The molecule has 5 nitrogen and oxygen atoms in total. The molecule has 0 bridgehead atoms. The first-order valence-corrected chi connectivity index (χ1v) is 7.51. The van der Waals surface area contributed by atoms with Crippen LogP contribution in [0.2, 0.25) is 5.02 Å². The Bertz CT molecular complexity index is 761. The number of phenolic OH excluding ortho intramolecular Hbond substituents is 1. The first-order chi connectivity index (χ1) is 10.8. The number of aromatic nitrogens is 3. The minimum absolute atomic E-state index is 0.129. The van der Waals surface area contributed by atoms with Crippen LogP contribution in [0.25, 0.3) is 16.7 Å². The molecule has 114 valence electrons. The van der Waals surface area contributed by atoms with E-state index in [-0.39, 0.29) is 5.75 Å². The lowest BCUT2D eigenvalue weighted by atomic mass is 10.3. The second-order valence-electron chi connectivity index (χ2n) is 4.91. The molecule has 0 unspecified atom stereocenters. The molecule has 1 saturated heterocycles. The molecule has 0 amide bonds. The number of phenols is 1. The van der Waals surface area contributed by atoms with E-state index in [0.29, 0.717) is 21.7 Å². The van der Waals surface area contributed by atoms with E-state index in [1.54, 1.807) is 24.3 Å². The summed E-state index contributed by atoms with van der Waals surface area (Å²) in [6.45, 7) is 2.00. The molecular formula is C16H16ClN3O2. The van der Waals surface area contributed by atoms with Gasteiger partial charge in [-0.3, -0.25) is 0 Å². The number of para-hydroxylation sites is 2. The third-order valence-corrected chi connectivity index (χ3v) is 3.59. The predicted molar refractivity (Wildman–Crippen MR) is 85.6 cm³/mol. The third-order valence-electron chi connectivity index (χ3n) is 3.29. The monoisotopic (exact) mass is 317 g/mol. The summed E-state index contributed by atoms with van der Waals surface area (Å²) in [5.41, 5.74) is 1.85. The van der Waals surface area contributed by atoms with Crippen LogP contribution in [0.4, 0.5) is 0 Å². The van der Waals surface area contributed by atoms with Crippen molar-refractivity contribution in [3.8, 4) is 11.4 Å². The Balaban J connectivity index is 0.000000246. The van der Waals surface area contributed by atoms with Crippen molar-refractivity contribution in [1.29, 1.82) is 0 Å². The molecule has 4 rings (SSSR count). The van der Waals surface area contributed by atoms with Crippen molar-refractivity contribution >= 4 is 22.6 Å². The molecule has 3 aromatic rings. The molecule has 0 atom stereocenters. The summed E-state index contributed by atoms with van der Waals surface area (Å²) in [6, 6.07) is 12.3. The van der Waals surface area contributed by atoms with E-state index in [1.165, 1.54) is 17.6 Å². The second kappa shape index (κ2) is 6.77. The van der Waals surface area contributed by atoms with Crippen LogP contribution in [0, 0.1) is 0 Å². The molecule has 2 heterocycles. The van der Waals surface area contributed by atoms with Gasteiger partial charge in [0.05, 0.1) is 5.02 Å². The Morgan fingerprint density at radius 3 is 2.41 bits per heavy atom. The zero-order valence-electron chi connectivity index (χ0n) is 11.9. The molecule has 1 fully saturated rings. The Hall–Kier alpha value is -2.11. The maximum Gasteiger partial charge on any atom is 0.143 e. The maximum absolute atomic E-state index is 9.72. The van der Waals surface area contributed by atoms with E-state index >= 15 is 0 Å². The summed E-state index contributed by atoms with van der Waals surface area (Å²) in [6.07, 6.45) is 2.56. The van der Waals surface area contributed by atoms with Gasteiger partial charge in [-0.05, 0) is 37.1 Å². The molecule has 1 aliphatic rings. The highest BCUT2D eigenvalue weighted by Gasteiger charge is 2.09. The lowest BCUT2D eigenvalue weighted by Crippen LogP contribution is -1.98. The van der Waals surface area contributed by atoms with Crippen LogP contribution in [0.5, 0.6) is 5.75 Å². The highest BCUT2D eigenvalue weighted by atomic mass is 35.5. The third kappa shape index (κ3) is 3.21. The standard InChI is InChI=1S/C12H8ClN3O.C4H8O/c13-8-4-3-5-9-12(8)15-16(14-9)10-6-1-2-7-11(10)17;1-2-4-5-3-1/h1-7,17H;1-4H2. The van der Waals surface area contributed by atoms with Crippen LogP contribution >= 0.6 is 11.6 Å². The molecule has 22 heavy (non-hydrogen) atoms. The van der Waals surface area contributed by atoms with Crippen LogP contribution in [-0.2, 0) is 4.74 Å². The van der Waals surface area contributed by atoms with Crippen molar-refractivity contribution in [2.45, 2.75) is 12.8 Å². The van der Waals surface area contributed by atoms with E-state index in [4.69, 9.17) is 16.3 Å². The number of rotatable bonds is 1. The SMILES string of the molecule is C1CCOC1.Oc1ccccc1-n1nc2cccc(Cl)c2n1. The lowest BCUT2D eigenvalue weighted by molar-refractivity contribution is 0.198. The topological polar surface area (TPSA) is 60.2 Å². The molecule has 1 aromatic heterocycles. The van der Waals surface area contributed by atoms with E-state index in [1.807, 2.05) is 18.2 Å². The largest absolute Gasteiger partial charge is 0.506 e. The molecule has 0 radical (unpaired) electrons. The van der Waals surface area contributed by atoms with Crippen molar-refractivity contribution < 1.29 is 9.84 Å². The van der Waals surface area contributed by atoms with Gasteiger partial charge in [0, 0.05) is 13.2 Å². The van der Waals surface area contributed by atoms with E-state index in [9.17, 15) is 5.11 Å². The van der Waals surface area contributed by atoms with Crippen molar-refractivity contribution in [3.05, 3.63) is 47.5 Å². The fraction of sp³-hybridized carbons (Fsp3) is 0.250. The Labute approximate surface area is 133 Å². The molecular weight excluding hydrogens is 302 g/mol. The first-order valence-electron chi connectivity index (χ1n) is 7.13. The number of ether oxygens (including phenoxy) is 1. The molecule has 2 aromatic carbocycles. The van der Waals surface area contributed by atoms with Gasteiger partial charge < -0.3 is 9.84 Å². The highest BCUT2D eigenvalue weighted by Crippen LogP contribution is 2.23. The number of hydrogen-bond donors (Lipinski definition) is 1. The minimum Gasteiger partial charge on any atom is -0.506 e. The molecule has 1 aliphatic heterocycles. The number of nitrogens with zero attached hydrogens (tertiary/aromatic N) is 3. The zero-order valence-corrected chi connectivity index (χ0v) is 12.7. The van der Waals surface area contributed by atoms with Crippen molar-refractivity contribution in [2.75, 3.05) is 13.2 Å². The predicted octanol–water partition coefficient (Wildman–Crippen LogP) is 3.58. The van der Waals surface area contributed by atoms with Gasteiger partial charge in [-0.15, -0.1) is 15.0 Å². The van der Waals surface area contributed by atoms with Gasteiger partial charge in [-0.25, -0.2) is 0 Å². The summed E-state index contributed by atoms with van der Waals surface area (Å²) < 4.78 is 4.94. The van der Waals surface area contributed by atoms with Crippen molar-refractivity contribution in [3.63, 3.8) is 0 Å². The van der Waals surface area contributed by atoms with Crippen LogP contribution in [0.15, 0.2) is 42.5 Å². The van der Waals surface area contributed by atoms with E-state index in [2.05, 4.69) is 10.2 Å². The fourth-order valence-corrected chi connectivity index (χ4v) is 2.36. The molecule has 0 aliphatic carbocycles. The fourth-order valence-electron chi connectivity index (χ4n) is 2.15. The van der Waals surface area contributed by atoms with Gasteiger partial charge in [-0.2, -0.15) is 0 Å². The average molecular weight is 318 g/mol. The smallest absolute Gasteiger partial charge is 0.143 e. The summed E-state index contributed by atoms with van der Waals surface area (Å²) in [4.78, 5) is 1.38. The summed E-state index contributed by atoms with van der Waals surface area (Å²) in [5.74, 6) is 0.129. The molecule has 6 heteroatoms.